The molecule has 1 aliphatic rings. The molecule has 0 saturated carbocycles. The number of rotatable bonds is 5. The molecule has 1 aromatic carbocycles. The molecule has 0 atom stereocenters. The largest absolute Gasteiger partial charge is 0.496 e. The minimum absolute atomic E-state index is 0.280. The number of halogens is 2. The Kier molecular flexibility index (Phi) is 6.84. The number of ether oxygens (including phenoxy) is 1. The number of amides is 1. The van der Waals surface area contributed by atoms with E-state index in [2.05, 4.69) is 68.3 Å². The van der Waals surface area contributed by atoms with Crippen molar-refractivity contribution in [3.8, 4) is 5.75 Å². The molecular formula is C15H20I2N2O2. The van der Waals surface area contributed by atoms with Gasteiger partial charge in [0.15, 0.2) is 0 Å². The fourth-order valence-electron chi connectivity index (χ4n) is 2.49. The highest BCUT2D eigenvalue weighted by Crippen LogP contribution is 2.28. The first kappa shape index (κ1) is 17.1. The number of hydrogen-bond acceptors (Lipinski definition) is 3. The molecule has 1 saturated heterocycles. The standard InChI is InChI=1S/C15H20I2N2O2/c1-21-14-10-13(3-2-12(14)11-17)18-6-8-19(9-7-18)15(20)4-5-16/h2-3,10H,4-9,11H2,1H3. The molecule has 0 unspecified atom stereocenters. The summed E-state index contributed by atoms with van der Waals surface area (Å²) in [6, 6.07) is 6.39. The third-order valence-electron chi connectivity index (χ3n) is 3.72. The van der Waals surface area contributed by atoms with Crippen molar-refractivity contribution in [1.82, 2.24) is 4.90 Å². The molecule has 1 aromatic rings. The normalized spacial score (nSPS) is 15.2. The van der Waals surface area contributed by atoms with Gasteiger partial charge in [-0.2, -0.15) is 0 Å². The Bertz CT molecular complexity index is 489. The van der Waals surface area contributed by atoms with Gasteiger partial charge in [0.1, 0.15) is 5.75 Å². The van der Waals surface area contributed by atoms with Gasteiger partial charge in [-0.05, 0) is 6.07 Å². The molecule has 0 N–H and O–H groups in total. The molecule has 1 heterocycles. The fourth-order valence-corrected chi connectivity index (χ4v) is 3.58. The van der Waals surface area contributed by atoms with E-state index in [0.29, 0.717) is 6.42 Å². The minimum Gasteiger partial charge on any atom is -0.496 e. The molecule has 116 valence electrons. The molecule has 6 heteroatoms. The predicted molar refractivity (Wildman–Crippen MR) is 103 cm³/mol. The lowest BCUT2D eigenvalue weighted by Crippen LogP contribution is -2.48. The zero-order valence-electron chi connectivity index (χ0n) is 12.1. The summed E-state index contributed by atoms with van der Waals surface area (Å²) < 4.78 is 7.30. The van der Waals surface area contributed by atoms with Crippen LogP contribution in [0, 0.1) is 0 Å². The van der Waals surface area contributed by atoms with E-state index in [1.165, 1.54) is 11.3 Å². The van der Waals surface area contributed by atoms with E-state index in [1.54, 1.807) is 7.11 Å². The van der Waals surface area contributed by atoms with Gasteiger partial charge in [-0.25, -0.2) is 0 Å². The second-order valence-corrected chi connectivity index (χ2v) is 6.78. The summed E-state index contributed by atoms with van der Waals surface area (Å²) in [5.74, 6) is 1.23. The molecule has 1 fully saturated rings. The molecule has 4 nitrogen and oxygen atoms in total. The van der Waals surface area contributed by atoms with Gasteiger partial charge in [0.25, 0.3) is 0 Å². The molecule has 1 amide bonds. The van der Waals surface area contributed by atoms with E-state index in [0.717, 1.165) is 40.8 Å². The van der Waals surface area contributed by atoms with Crippen LogP contribution in [0.4, 0.5) is 5.69 Å². The highest BCUT2D eigenvalue weighted by atomic mass is 127. The molecule has 0 spiro atoms. The van der Waals surface area contributed by atoms with Crippen LogP contribution >= 0.6 is 45.2 Å². The van der Waals surface area contributed by atoms with Crippen LogP contribution in [-0.4, -0.2) is 48.5 Å². The number of nitrogens with zero attached hydrogens (tertiary/aromatic N) is 2. The molecule has 0 bridgehead atoms. The van der Waals surface area contributed by atoms with Crippen LogP contribution in [-0.2, 0) is 9.22 Å². The second kappa shape index (κ2) is 8.40. The van der Waals surface area contributed by atoms with Crippen LogP contribution in [0.3, 0.4) is 0 Å². The van der Waals surface area contributed by atoms with Gasteiger partial charge < -0.3 is 14.5 Å². The van der Waals surface area contributed by atoms with E-state index < -0.39 is 0 Å². The van der Waals surface area contributed by atoms with E-state index >= 15 is 0 Å². The molecule has 2 rings (SSSR count). The summed E-state index contributed by atoms with van der Waals surface area (Å²) in [6.45, 7) is 3.40. The van der Waals surface area contributed by atoms with Crippen molar-refractivity contribution in [3.05, 3.63) is 23.8 Å². The third-order valence-corrected chi connectivity index (χ3v) is 5.08. The highest BCUT2D eigenvalue weighted by Gasteiger charge is 2.21. The molecule has 0 aliphatic carbocycles. The number of carbonyl (C=O) groups excluding carboxylic acids is 1. The Morgan fingerprint density at radius 3 is 2.52 bits per heavy atom. The van der Waals surface area contributed by atoms with E-state index in [9.17, 15) is 4.79 Å². The lowest BCUT2D eigenvalue weighted by molar-refractivity contribution is -0.130. The number of hydrogen-bond donors (Lipinski definition) is 0. The maximum atomic E-state index is 11.9. The Labute approximate surface area is 153 Å². The SMILES string of the molecule is COc1cc(N2CCN(C(=O)CCI)CC2)ccc1CI. The molecular weight excluding hydrogens is 494 g/mol. The van der Waals surface area contributed by atoms with Crippen LogP contribution in [0.25, 0.3) is 0 Å². The number of piperazine rings is 1. The first-order chi connectivity index (χ1) is 10.2. The van der Waals surface area contributed by atoms with Crippen LogP contribution in [0.5, 0.6) is 5.75 Å². The smallest absolute Gasteiger partial charge is 0.223 e. The molecule has 0 radical (unpaired) electrons. The molecule has 21 heavy (non-hydrogen) atoms. The number of alkyl halides is 2. The Balaban J connectivity index is 2.00. The van der Waals surface area contributed by atoms with Crippen LogP contribution in [0.15, 0.2) is 18.2 Å². The van der Waals surface area contributed by atoms with Gasteiger partial charge in [-0.15, -0.1) is 0 Å². The third kappa shape index (κ3) is 4.37. The van der Waals surface area contributed by atoms with Crippen molar-refractivity contribution in [2.45, 2.75) is 10.8 Å². The van der Waals surface area contributed by atoms with Gasteiger partial charge in [-0.3, -0.25) is 4.79 Å². The van der Waals surface area contributed by atoms with E-state index in [1.807, 2.05) is 4.90 Å². The number of anilines is 1. The summed E-state index contributed by atoms with van der Waals surface area (Å²) in [5.41, 5.74) is 2.40. The quantitative estimate of drug-likeness (QED) is 0.448. The maximum Gasteiger partial charge on any atom is 0.223 e. The lowest BCUT2D eigenvalue weighted by Gasteiger charge is -2.36. The Morgan fingerprint density at radius 2 is 1.95 bits per heavy atom. The van der Waals surface area contributed by atoms with Crippen LogP contribution in [0.2, 0.25) is 0 Å². The first-order valence-electron chi connectivity index (χ1n) is 7.01. The summed E-state index contributed by atoms with van der Waals surface area (Å²) >= 11 is 4.60. The lowest BCUT2D eigenvalue weighted by atomic mass is 10.1. The van der Waals surface area contributed by atoms with Crippen molar-refractivity contribution in [2.75, 3.05) is 42.6 Å². The minimum atomic E-state index is 0.280. The average Bonchev–Trinajstić information content (AvgIpc) is 2.54. The summed E-state index contributed by atoms with van der Waals surface area (Å²) in [6.07, 6.45) is 0.652. The second-order valence-electron chi connectivity index (χ2n) is 4.94. The maximum absolute atomic E-state index is 11.9. The average molecular weight is 514 g/mol. The van der Waals surface area contributed by atoms with Crippen molar-refractivity contribution in [3.63, 3.8) is 0 Å². The van der Waals surface area contributed by atoms with Gasteiger partial charge in [0, 0.05) is 58.8 Å². The summed E-state index contributed by atoms with van der Waals surface area (Å²) in [4.78, 5) is 16.2. The highest BCUT2D eigenvalue weighted by molar-refractivity contribution is 14.1. The van der Waals surface area contributed by atoms with Gasteiger partial charge in [0.05, 0.1) is 7.11 Å². The summed E-state index contributed by atoms with van der Waals surface area (Å²) in [7, 11) is 1.72. The number of benzene rings is 1. The molecule has 0 aromatic heterocycles. The van der Waals surface area contributed by atoms with Gasteiger partial charge >= 0.3 is 0 Å². The van der Waals surface area contributed by atoms with Gasteiger partial charge in [0.2, 0.25) is 5.91 Å². The monoisotopic (exact) mass is 514 g/mol. The van der Waals surface area contributed by atoms with Crippen LogP contribution < -0.4 is 9.64 Å². The van der Waals surface area contributed by atoms with Gasteiger partial charge in [-0.1, -0.05) is 51.2 Å². The van der Waals surface area contributed by atoms with Crippen molar-refractivity contribution >= 4 is 56.8 Å². The van der Waals surface area contributed by atoms with Crippen LogP contribution in [0.1, 0.15) is 12.0 Å². The Morgan fingerprint density at radius 1 is 1.24 bits per heavy atom. The topological polar surface area (TPSA) is 32.8 Å². The first-order valence-corrected chi connectivity index (χ1v) is 10.1. The van der Waals surface area contributed by atoms with Crippen molar-refractivity contribution < 1.29 is 9.53 Å². The van der Waals surface area contributed by atoms with E-state index in [-0.39, 0.29) is 5.91 Å². The molecule has 1 aliphatic heterocycles. The fraction of sp³-hybridized carbons (Fsp3) is 0.533. The van der Waals surface area contributed by atoms with Crippen molar-refractivity contribution in [1.29, 1.82) is 0 Å². The zero-order chi connectivity index (χ0) is 15.2. The number of carbonyl (C=O) groups is 1. The Hall–Kier alpha value is -0.250. The van der Waals surface area contributed by atoms with E-state index in [4.69, 9.17) is 4.74 Å². The van der Waals surface area contributed by atoms with Crippen molar-refractivity contribution in [2.24, 2.45) is 0 Å². The summed E-state index contributed by atoms with van der Waals surface area (Å²) in [5, 5.41) is 0. The number of methoxy groups -OCH3 is 1. The predicted octanol–water partition coefficient (Wildman–Crippen LogP) is 3.10. The zero-order valence-corrected chi connectivity index (χ0v) is 16.5.